The van der Waals surface area contributed by atoms with Gasteiger partial charge in [0, 0.05) is 5.56 Å². The normalized spacial score (nSPS) is 11.7. The van der Waals surface area contributed by atoms with Gasteiger partial charge in [0.25, 0.3) is 0 Å². The largest absolute Gasteiger partial charge is 0.504 e. The van der Waals surface area contributed by atoms with Gasteiger partial charge in [-0.15, -0.1) is 0 Å². The highest BCUT2D eigenvalue weighted by Crippen LogP contribution is 2.45. The van der Waals surface area contributed by atoms with E-state index in [0.717, 1.165) is 12.8 Å². The summed E-state index contributed by atoms with van der Waals surface area (Å²) in [4.78, 5) is 0. The number of phenolic OH excluding ortho intramolecular Hbond substituents is 2. The number of rotatable bonds is 7. The lowest BCUT2D eigenvalue weighted by atomic mass is 10.0. The van der Waals surface area contributed by atoms with Crippen molar-refractivity contribution in [3.8, 4) is 11.5 Å². The average Bonchev–Trinajstić information content (AvgIpc) is 2.32. The van der Waals surface area contributed by atoms with Gasteiger partial charge in [0.1, 0.15) is 4.33 Å². The quantitative estimate of drug-likeness (QED) is 0.417. The van der Waals surface area contributed by atoms with Crippen LogP contribution in [0.1, 0.15) is 51.0 Å². The number of hydrogen-bond acceptors (Lipinski definition) is 2. The third kappa shape index (κ3) is 4.25. The third-order valence-corrected chi connectivity index (χ3v) is 3.79. The molecule has 2 N–H and O–H groups in total. The molecule has 0 radical (unpaired) electrons. The van der Waals surface area contributed by atoms with E-state index >= 15 is 0 Å². The fourth-order valence-corrected chi connectivity index (χ4v) is 2.48. The van der Waals surface area contributed by atoms with Crippen LogP contribution in [0, 0.1) is 0 Å². The van der Waals surface area contributed by atoms with E-state index in [1.807, 2.05) is 0 Å². The lowest BCUT2D eigenvalue weighted by Gasteiger charge is -2.21. The zero-order valence-electron chi connectivity index (χ0n) is 10.6. The number of phenols is 2. The minimum atomic E-state index is -1.14. The SMILES string of the molecule is CCCCCCCC(Cl)(Cl)c1cccc(O)c1O. The predicted octanol–water partition coefficient (Wildman–Crippen LogP) is 5.09. The lowest BCUT2D eigenvalue weighted by molar-refractivity contribution is 0.396. The maximum Gasteiger partial charge on any atom is 0.163 e. The van der Waals surface area contributed by atoms with E-state index in [1.165, 1.54) is 25.3 Å². The molecule has 2 nitrogen and oxygen atoms in total. The van der Waals surface area contributed by atoms with Crippen LogP contribution in [0.15, 0.2) is 18.2 Å². The summed E-state index contributed by atoms with van der Waals surface area (Å²) in [7, 11) is 0. The third-order valence-electron chi connectivity index (χ3n) is 3.00. The summed E-state index contributed by atoms with van der Waals surface area (Å²) in [5, 5.41) is 19.2. The average molecular weight is 291 g/mol. The molecule has 4 heteroatoms. The Labute approximate surface area is 119 Å². The molecule has 0 bridgehead atoms. The zero-order valence-corrected chi connectivity index (χ0v) is 12.1. The van der Waals surface area contributed by atoms with Crippen LogP contribution in [-0.2, 0) is 4.33 Å². The van der Waals surface area contributed by atoms with Crippen molar-refractivity contribution in [1.82, 2.24) is 0 Å². The standard InChI is InChI=1S/C14H20Cl2O2/c1-2-3-4-5-6-10-14(15,16)11-8-7-9-12(17)13(11)18/h7-9,17-18H,2-6,10H2,1H3. The summed E-state index contributed by atoms with van der Waals surface area (Å²) < 4.78 is -1.14. The molecule has 0 spiro atoms. The Morgan fingerprint density at radius 1 is 1.06 bits per heavy atom. The van der Waals surface area contributed by atoms with Gasteiger partial charge in [-0.2, -0.15) is 0 Å². The molecule has 0 aromatic heterocycles. The molecule has 0 aliphatic carbocycles. The van der Waals surface area contributed by atoms with Gasteiger partial charge >= 0.3 is 0 Å². The summed E-state index contributed by atoms with van der Waals surface area (Å²) in [6.45, 7) is 2.16. The Morgan fingerprint density at radius 3 is 2.39 bits per heavy atom. The van der Waals surface area contributed by atoms with Gasteiger partial charge < -0.3 is 10.2 Å². The Hall–Kier alpha value is -0.600. The van der Waals surface area contributed by atoms with Gasteiger partial charge in [-0.25, -0.2) is 0 Å². The number of aromatic hydroxyl groups is 2. The van der Waals surface area contributed by atoms with Crippen LogP contribution in [0.2, 0.25) is 0 Å². The van der Waals surface area contributed by atoms with E-state index in [2.05, 4.69) is 6.92 Å². The number of hydrogen-bond donors (Lipinski definition) is 2. The number of alkyl halides is 2. The van der Waals surface area contributed by atoms with Gasteiger partial charge in [-0.05, 0) is 12.5 Å². The molecule has 0 fully saturated rings. The molecule has 0 atom stereocenters. The topological polar surface area (TPSA) is 40.5 Å². The highest BCUT2D eigenvalue weighted by Gasteiger charge is 2.29. The molecule has 1 aromatic rings. The molecule has 0 aliphatic heterocycles. The van der Waals surface area contributed by atoms with E-state index < -0.39 is 4.33 Å². The van der Waals surface area contributed by atoms with Crippen LogP contribution < -0.4 is 0 Å². The first-order valence-electron chi connectivity index (χ1n) is 6.38. The monoisotopic (exact) mass is 290 g/mol. The predicted molar refractivity (Wildman–Crippen MR) is 76.5 cm³/mol. The number of benzene rings is 1. The molecule has 0 heterocycles. The van der Waals surface area contributed by atoms with Crippen molar-refractivity contribution in [3.05, 3.63) is 23.8 Å². The van der Waals surface area contributed by atoms with Gasteiger partial charge in [-0.1, -0.05) is 74.4 Å². The highest BCUT2D eigenvalue weighted by molar-refractivity contribution is 6.48. The maximum absolute atomic E-state index is 9.76. The van der Waals surface area contributed by atoms with E-state index in [0.29, 0.717) is 12.0 Å². The Balaban J connectivity index is 2.59. The Kier molecular flexibility index (Phi) is 6.10. The molecule has 1 aromatic carbocycles. The first-order valence-corrected chi connectivity index (χ1v) is 7.14. The molecule has 0 saturated heterocycles. The molecule has 102 valence electrons. The summed E-state index contributed by atoms with van der Waals surface area (Å²) in [6, 6.07) is 4.67. The highest BCUT2D eigenvalue weighted by atomic mass is 35.5. The van der Waals surface area contributed by atoms with Gasteiger partial charge in [0.15, 0.2) is 11.5 Å². The van der Waals surface area contributed by atoms with Crippen molar-refractivity contribution < 1.29 is 10.2 Å². The van der Waals surface area contributed by atoms with E-state index in [4.69, 9.17) is 23.2 Å². The van der Waals surface area contributed by atoms with Crippen molar-refractivity contribution in [2.24, 2.45) is 0 Å². The van der Waals surface area contributed by atoms with Crippen LogP contribution in [0.5, 0.6) is 11.5 Å². The molecule has 1 rings (SSSR count). The van der Waals surface area contributed by atoms with Crippen LogP contribution in [-0.4, -0.2) is 10.2 Å². The minimum Gasteiger partial charge on any atom is -0.504 e. The fraction of sp³-hybridized carbons (Fsp3) is 0.571. The van der Waals surface area contributed by atoms with Crippen LogP contribution >= 0.6 is 23.2 Å². The minimum absolute atomic E-state index is 0.191. The summed E-state index contributed by atoms with van der Waals surface area (Å²) in [5.41, 5.74) is 0.376. The molecular weight excluding hydrogens is 271 g/mol. The van der Waals surface area contributed by atoms with E-state index in [9.17, 15) is 10.2 Å². The number of halogens is 2. The first-order chi connectivity index (χ1) is 8.49. The Bertz CT molecular complexity index is 378. The van der Waals surface area contributed by atoms with Gasteiger partial charge in [0.2, 0.25) is 0 Å². The molecular formula is C14H20Cl2O2. The van der Waals surface area contributed by atoms with Crippen LogP contribution in [0.4, 0.5) is 0 Å². The zero-order chi connectivity index (χ0) is 13.6. The van der Waals surface area contributed by atoms with E-state index in [1.54, 1.807) is 12.1 Å². The summed E-state index contributed by atoms with van der Waals surface area (Å²) in [6.07, 6.45) is 6.13. The van der Waals surface area contributed by atoms with Crippen molar-refractivity contribution in [2.45, 2.75) is 49.8 Å². The second kappa shape index (κ2) is 7.10. The smallest absolute Gasteiger partial charge is 0.163 e. The Morgan fingerprint density at radius 2 is 1.72 bits per heavy atom. The molecule has 0 unspecified atom stereocenters. The summed E-state index contributed by atoms with van der Waals surface area (Å²) >= 11 is 12.5. The number of para-hydroxylation sites is 1. The van der Waals surface area contributed by atoms with Gasteiger partial charge in [0.05, 0.1) is 0 Å². The molecule has 0 amide bonds. The molecule has 18 heavy (non-hydrogen) atoms. The molecule has 0 saturated carbocycles. The number of unbranched alkanes of at least 4 members (excludes halogenated alkanes) is 4. The fourth-order valence-electron chi connectivity index (χ4n) is 1.91. The summed E-state index contributed by atoms with van der Waals surface area (Å²) in [5.74, 6) is -0.416. The maximum atomic E-state index is 9.76. The van der Waals surface area contributed by atoms with Crippen LogP contribution in [0.3, 0.4) is 0 Å². The van der Waals surface area contributed by atoms with Gasteiger partial charge in [-0.3, -0.25) is 0 Å². The van der Waals surface area contributed by atoms with Crippen molar-refractivity contribution in [2.75, 3.05) is 0 Å². The molecule has 0 aliphatic rings. The van der Waals surface area contributed by atoms with E-state index in [-0.39, 0.29) is 11.5 Å². The van der Waals surface area contributed by atoms with Crippen molar-refractivity contribution >= 4 is 23.2 Å². The first kappa shape index (κ1) is 15.5. The van der Waals surface area contributed by atoms with Crippen molar-refractivity contribution in [3.63, 3.8) is 0 Å². The lowest BCUT2D eigenvalue weighted by Crippen LogP contribution is -2.10. The van der Waals surface area contributed by atoms with Crippen molar-refractivity contribution in [1.29, 1.82) is 0 Å². The second-order valence-corrected chi connectivity index (χ2v) is 6.03. The second-order valence-electron chi connectivity index (χ2n) is 4.54. The van der Waals surface area contributed by atoms with Crippen LogP contribution in [0.25, 0.3) is 0 Å².